The van der Waals surface area contributed by atoms with E-state index in [-0.39, 0.29) is 11.8 Å². The summed E-state index contributed by atoms with van der Waals surface area (Å²) in [7, 11) is 0. The largest absolute Gasteiger partial charge is 0.492 e. The first kappa shape index (κ1) is 20.2. The minimum atomic E-state index is 0.0617. The van der Waals surface area contributed by atoms with E-state index in [9.17, 15) is 9.59 Å². The number of nitrogens with one attached hydrogen (secondary N) is 1. The van der Waals surface area contributed by atoms with E-state index in [2.05, 4.69) is 15.1 Å². The van der Waals surface area contributed by atoms with E-state index in [4.69, 9.17) is 4.74 Å². The first-order valence-electron chi connectivity index (χ1n) is 11.2. The fourth-order valence-electron chi connectivity index (χ4n) is 4.60. The molecule has 2 heterocycles. The summed E-state index contributed by atoms with van der Waals surface area (Å²) in [6, 6.07) is 10.2. The predicted molar refractivity (Wildman–Crippen MR) is 112 cm³/mol. The van der Waals surface area contributed by atoms with E-state index < -0.39 is 0 Å². The highest BCUT2D eigenvalue weighted by atomic mass is 16.5. The number of piperidine rings is 2. The second-order valence-electron chi connectivity index (χ2n) is 8.62. The summed E-state index contributed by atoms with van der Waals surface area (Å²) in [5.41, 5.74) is 0. The molecule has 3 aliphatic rings. The Kier molecular flexibility index (Phi) is 6.70. The number of hydrogen-bond donors (Lipinski definition) is 1. The lowest BCUT2D eigenvalue weighted by atomic mass is 9.93. The summed E-state index contributed by atoms with van der Waals surface area (Å²) >= 11 is 0. The summed E-state index contributed by atoms with van der Waals surface area (Å²) in [5.74, 6) is 1.73. The Bertz CT molecular complexity index is 684. The number of likely N-dealkylation sites (tertiary alicyclic amines) is 2. The van der Waals surface area contributed by atoms with Crippen LogP contribution in [0.4, 0.5) is 0 Å². The molecule has 1 N–H and O–H groups in total. The van der Waals surface area contributed by atoms with Gasteiger partial charge in [0, 0.05) is 31.6 Å². The van der Waals surface area contributed by atoms with Crippen molar-refractivity contribution in [2.75, 3.05) is 39.3 Å². The van der Waals surface area contributed by atoms with Crippen LogP contribution in [0.15, 0.2) is 30.3 Å². The molecule has 1 aromatic carbocycles. The van der Waals surface area contributed by atoms with E-state index in [0.717, 1.165) is 70.5 Å². The van der Waals surface area contributed by atoms with Gasteiger partial charge in [0.15, 0.2) is 0 Å². The Morgan fingerprint density at radius 3 is 2.45 bits per heavy atom. The van der Waals surface area contributed by atoms with Crippen molar-refractivity contribution in [2.45, 2.75) is 44.6 Å². The quantitative estimate of drug-likeness (QED) is 0.715. The fraction of sp³-hybridized carbons (Fsp3) is 0.652. The van der Waals surface area contributed by atoms with Crippen LogP contribution in [-0.4, -0.2) is 67.0 Å². The molecule has 1 saturated carbocycles. The number of benzene rings is 1. The second kappa shape index (κ2) is 9.61. The highest BCUT2D eigenvalue weighted by Crippen LogP contribution is 2.32. The Balaban J connectivity index is 1.17. The molecule has 29 heavy (non-hydrogen) atoms. The number of hydrogen-bond acceptors (Lipinski definition) is 4. The van der Waals surface area contributed by atoms with Crippen LogP contribution in [0.1, 0.15) is 38.5 Å². The summed E-state index contributed by atoms with van der Waals surface area (Å²) in [4.78, 5) is 29.4. The van der Waals surface area contributed by atoms with E-state index >= 15 is 0 Å². The zero-order valence-corrected chi connectivity index (χ0v) is 17.2. The normalized spacial score (nSPS) is 23.6. The van der Waals surface area contributed by atoms with E-state index in [0.29, 0.717) is 31.0 Å². The summed E-state index contributed by atoms with van der Waals surface area (Å²) < 4.78 is 5.65. The third-order valence-corrected chi connectivity index (χ3v) is 6.46. The Hall–Kier alpha value is -2.08. The monoisotopic (exact) mass is 399 g/mol. The molecule has 1 atom stereocenters. The summed E-state index contributed by atoms with van der Waals surface area (Å²) in [6.45, 7) is 4.69. The number of rotatable bonds is 7. The first-order valence-corrected chi connectivity index (χ1v) is 11.2. The van der Waals surface area contributed by atoms with Crippen LogP contribution in [0.5, 0.6) is 5.75 Å². The number of ether oxygens (including phenoxy) is 1. The van der Waals surface area contributed by atoms with Crippen molar-refractivity contribution in [1.29, 1.82) is 0 Å². The maximum Gasteiger partial charge on any atom is 0.225 e. The van der Waals surface area contributed by atoms with E-state index in [1.807, 2.05) is 30.3 Å². The molecule has 1 aromatic rings. The van der Waals surface area contributed by atoms with Crippen LogP contribution >= 0.6 is 0 Å². The molecule has 0 radical (unpaired) electrons. The van der Waals surface area contributed by atoms with Crippen molar-refractivity contribution in [3.8, 4) is 5.75 Å². The van der Waals surface area contributed by atoms with Crippen LogP contribution in [0.3, 0.4) is 0 Å². The average molecular weight is 400 g/mol. The lowest BCUT2D eigenvalue weighted by Gasteiger charge is -2.42. The Morgan fingerprint density at radius 2 is 1.72 bits per heavy atom. The molecule has 1 aliphatic carbocycles. The van der Waals surface area contributed by atoms with Crippen molar-refractivity contribution < 1.29 is 14.3 Å². The highest BCUT2D eigenvalue weighted by Gasteiger charge is 2.37. The molecule has 2 aliphatic heterocycles. The predicted octanol–water partition coefficient (Wildman–Crippen LogP) is 2.29. The molecule has 4 rings (SSSR count). The number of para-hydroxylation sites is 1. The Morgan fingerprint density at radius 1 is 0.966 bits per heavy atom. The van der Waals surface area contributed by atoms with Crippen molar-refractivity contribution in [3.05, 3.63) is 30.3 Å². The summed E-state index contributed by atoms with van der Waals surface area (Å²) in [6.07, 6.45) is 6.27. The number of carbonyl (C=O) groups is 2. The van der Waals surface area contributed by atoms with Gasteiger partial charge in [0.25, 0.3) is 0 Å². The van der Waals surface area contributed by atoms with Gasteiger partial charge in [-0.1, -0.05) is 18.2 Å². The Labute approximate surface area is 173 Å². The molecule has 0 aromatic heterocycles. The van der Waals surface area contributed by atoms with Gasteiger partial charge in [0.1, 0.15) is 12.4 Å². The molecule has 2 amide bonds. The average Bonchev–Trinajstić information content (AvgIpc) is 3.62. The van der Waals surface area contributed by atoms with Gasteiger partial charge in [-0.25, -0.2) is 0 Å². The van der Waals surface area contributed by atoms with Gasteiger partial charge in [-0.2, -0.15) is 0 Å². The van der Waals surface area contributed by atoms with Crippen molar-refractivity contribution in [3.63, 3.8) is 0 Å². The first-order chi connectivity index (χ1) is 14.2. The number of carbonyl (C=O) groups excluding carboxylic acids is 2. The maximum absolute atomic E-state index is 12.6. The SMILES string of the molecule is O=C(NCCOc1ccccc1)[C@H]1CCCN(C2CCN(C(=O)C3CC3)CC2)C1. The molecule has 6 heteroatoms. The molecule has 158 valence electrons. The van der Waals surface area contributed by atoms with Crippen molar-refractivity contribution >= 4 is 11.8 Å². The van der Waals surface area contributed by atoms with Crippen molar-refractivity contribution in [2.24, 2.45) is 11.8 Å². The zero-order chi connectivity index (χ0) is 20.1. The standard InChI is InChI=1S/C23H33N3O3/c27-22(24-12-16-29-21-6-2-1-3-7-21)19-5-4-13-26(17-19)20-10-14-25(15-11-20)23(28)18-8-9-18/h1-3,6-7,18-20H,4-5,8-17H2,(H,24,27)/t19-/m0/s1. The van der Waals surface area contributed by atoms with Crippen LogP contribution in [0.25, 0.3) is 0 Å². The van der Waals surface area contributed by atoms with Gasteiger partial charge in [0.05, 0.1) is 12.5 Å². The van der Waals surface area contributed by atoms with Crippen LogP contribution in [0.2, 0.25) is 0 Å². The highest BCUT2D eigenvalue weighted by molar-refractivity contribution is 5.81. The minimum absolute atomic E-state index is 0.0617. The fourth-order valence-corrected chi connectivity index (χ4v) is 4.60. The molecule has 0 unspecified atom stereocenters. The molecule has 3 fully saturated rings. The topological polar surface area (TPSA) is 61.9 Å². The van der Waals surface area contributed by atoms with Crippen LogP contribution < -0.4 is 10.1 Å². The van der Waals surface area contributed by atoms with E-state index in [1.54, 1.807) is 0 Å². The third kappa shape index (κ3) is 5.50. The van der Waals surface area contributed by atoms with Gasteiger partial charge in [-0.05, 0) is 57.2 Å². The lowest BCUT2D eigenvalue weighted by Crippen LogP contribution is -2.51. The van der Waals surface area contributed by atoms with Crippen LogP contribution in [0, 0.1) is 11.8 Å². The van der Waals surface area contributed by atoms with Crippen molar-refractivity contribution in [1.82, 2.24) is 15.1 Å². The van der Waals surface area contributed by atoms with Gasteiger partial charge < -0.3 is 15.0 Å². The number of amides is 2. The zero-order valence-electron chi connectivity index (χ0n) is 17.2. The second-order valence-corrected chi connectivity index (χ2v) is 8.62. The lowest BCUT2D eigenvalue weighted by molar-refractivity contribution is -0.134. The van der Waals surface area contributed by atoms with Gasteiger partial charge in [0.2, 0.25) is 11.8 Å². The van der Waals surface area contributed by atoms with E-state index in [1.165, 1.54) is 0 Å². The smallest absolute Gasteiger partial charge is 0.225 e. The molecular weight excluding hydrogens is 366 g/mol. The molecule has 0 bridgehead atoms. The van der Waals surface area contributed by atoms with Crippen LogP contribution in [-0.2, 0) is 9.59 Å². The maximum atomic E-state index is 12.6. The molecular formula is C23H33N3O3. The third-order valence-electron chi connectivity index (χ3n) is 6.46. The van der Waals surface area contributed by atoms with Gasteiger partial charge >= 0.3 is 0 Å². The van der Waals surface area contributed by atoms with Gasteiger partial charge in [-0.3, -0.25) is 14.5 Å². The molecule has 6 nitrogen and oxygen atoms in total. The minimum Gasteiger partial charge on any atom is -0.492 e. The molecule has 2 saturated heterocycles. The summed E-state index contributed by atoms with van der Waals surface area (Å²) in [5, 5.41) is 3.04. The van der Waals surface area contributed by atoms with Gasteiger partial charge in [-0.15, -0.1) is 0 Å². The molecule has 0 spiro atoms. The number of nitrogens with zero attached hydrogens (tertiary/aromatic N) is 2.